The van der Waals surface area contributed by atoms with E-state index in [0.29, 0.717) is 12.4 Å². The number of hydrogen-bond donors (Lipinski definition) is 1. The highest BCUT2D eigenvalue weighted by atomic mass is 16.2. The van der Waals surface area contributed by atoms with Crippen molar-refractivity contribution in [2.24, 2.45) is 7.05 Å². The Balaban J connectivity index is 1.64. The Labute approximate surface area is 166 Å². The molecule has 0 radical (unpaired) electrons. The Morgan fingerprint density at radius 2 is 1.93 bits per heavy atom. The molecule has 28 heavy (non-hydrogen) atoms. The Morgan fingerprint density at radius 3 is 2.64 bits per heavy atom. The van der Waals surface area contributed by atoms with E-state index in [1.165, 1.54) is 16.7 Å². The van der Waals surface area contributed by atoms with Gasteiger partial charge >= 0.3 is 6.03 Å². The molecule has 0 spiro atoms. The van der Waals surface area contributed by atoms with E-state index in [2.05, 4.69) is 65.9 Å². The number of amides is 2. The molecule has 4 rings (SSSR count). The first kappa shape index (κ1) is 18.3. The molecule has 1 aliphatic rings. The number of carbonyl (C=O) groups is 1. The number of nitrogens with zero attached hydrogens (tertiary/aromatic N) is 3. The second kappa shape index (κ2) is 7.50. The van der Waals surface area contributed by atoms with E-state index in [1.807, 2.05) is 24.9 Å². The van der Waals surface area contributed by atoms with E-state index in [-0.39, 0.29) is 12.1 Å². The third kappa shape index (κ3) is 3.65. The van der Waals surface area contributed by atoms with Crippen LogP contribution in [0.3, 0.4) is 0 Å². The molecular formula is C23H26N4O. The summed E-state index contributed by atoms with van der Waals surface area (Å²) in [6, 6.07) is 18.7. The predicted octanol–water partition coefficient (Wildman–Crippen LogP) is 4.76. The van der Waals surface area contributed by atoms with Crippen LogP contribution in [0.4, 0.5) is 10.6 Å². The molecule has 1 N–H and O–H groups in total. The second-order valence-corrected chi connectivity index (χ2v) is 7.59. The van der Waals surface area contributed by atoms with Crippen LogP contribution in [0.5, 0.6) is 0 Å². The van der Waals surface area contributed by atoms with E-state index in [4.69, 9.17) is 0 Å². The Hall–Kier alpha value is -3.08. The van der Waals surface area contributed by atoms with Gasteiger partial charge in [-0.15, -0.1) is 0 Å². The minimum absolute atomic E-state index is 0.0758. The van der Waals surface area contributed by atoms with Gasteiger partial charge in [0.05, 0.1) is 11.7 Å². The van der Waals surface area contributed by atoms with Crippen LogP contribution in [0.2, 0.25) is 0 Å². The predicted molar refractivity (Wildman–Crippen MR) is 111 cm³/mol. The van der Waals surface area contributed by atoms with E-state index < -0.39 is 0 Å². The summed E-state index contributed by atoms with van der Waals surface area (Å²) in [5, 5.41) is 7.39. The van der Waals surface area contributed by atoms with Crippen molar-refractivity contribution in [1.82, 2.24) is 14.7 Å². The summed E-state index contributed by atoms with van der Waals surface area (Å²) >= 11 is 0. The molecular weight excluding hydrogens is 348 g/mol. The number of hydrogen-bond acceptors (Lipinski definition) is 2. The summed E-state index contributed by atoms with van der Waals surface area (Å²) in [7, 11) is 1.85. The molecule has 0 bridgehead atoms. The summed E-state index contributed by atoms with van der Waals surface area (Å²) in [6.07, 6.45) is 1.95. The molecule has 5 nitrogen and oxygen atoms in total. The summed E-state index contributed by atoms with van der Waals surface area (Å²) in [4.78, 5) is 15.3. The third-order valence-corrected chi connectivity index (χ3v) is 5.45. The van der Waals surface area contributed by atoms with Crippen molar-refractivity contribution in [3.63, 3.8) is 0 Å². The van der Waals surface area contributed by atoms with E-state index >= 15 is 0 Å². The largest absolute Gasteiger partial charge is 0.323 e. The molecule has 1 atom stereocenters. The number of carbonyl (C=O) groups excluding carboxylic acids is 1. The highest BCUT2D eigenvalue weighted by Crippen LogP contribution is 2.36. The van der Waals surface area contributed by atoms with Crippen molar-refractivity contribution in [3.05, 3.63) is 82.5 Å². The van der Waals surface area contributed by atoms with Gasteiger partial charge in [-0.05, 0) is 43.4 Å². The SMILES string of the molecule is Cc1ccc(CN(C(=O)Nc2cc(C)nn2C)[C@@H]2CCc3ccccc32)cc1. The molecule has 3 aromatic rings. The monoisotopic (exact) mass is 374 g/mol. The van der Waals surface area contributed by atoms with Crippen LogP contribution in [0.15, 0.2) is 54.6 Å². The zero-order valence-corrected chi connectivity index (χ0v) is 16.6. The molecule has 0 saturated heterocycles. The lowest BCUT2D eigenvalue weighted by atomic mass is 10.1. The number of rotatable bonds is 4. The molecule has 0 fully saturated rings. The number of nitrogens with one attached hydrogen (secondary N) is 1. The maximum Gasteiger partial charge on any atom is 0.323 e. The van der Waals surface area contributed by atoms with Gasteiger partial charge in [0.1, 0.15) is 5.82 Å². The maximum absolute atomic E-state index is 13.3. The van der Waals surface area contributed by atoms with Gasteiger partial charge in [0.15, 0.2) is 0 Å². The number of benzene rings is 2. The first-order valence-corrected chi connectivity index (χ1v) is 9.73. The fourth-order valence-electron chi connectivity index (χ4n) is 3.98. The normalized spacial score (nSPS) is 15.3. The molecule has 2 amide bonds. The summed E-state index contributed by atoms with van der Waals surface area (Å²) in [5.41, 5.74) is 5.83. The first-order valence-electron chi connectivity index (χ1n) is 9.73. The first-order chi connectivity index (χ1) is 13.5. The summed E-state index contributed by atoms with van der Waals surface area (Å²) < 4.78 is 1.71. The quantitative estimate of drug-likeness (QED) is 0.716. The fraction of sp³-hybridized carbons (Fsp3) is 0.304. The van der Waals surface area contributed by atoms with Crippen molar-refractivity contribution >= 4 is 11.8 Å². The van der Waals surface area contributed by atoms with Crippen molar-refractivity contribution < 1.29 is 4.79 Å². The van der Waals surface area contributed by atoms with Crippen LogP contribution in [-0.4, -0.2) is 20.7 Å². The minimum atomic E-state index is -0.0923. The zero-order chi connectivity index (χ0) is 19.7. The van der Waals surface area contributed by atoms with Crippen molar-refractivity contribution in [3.8, 4) is 0 Å². The lowest BCUT2D eigenvalue weighted by molar-refractivity contribution is 0.183. The minimum Gasteiger partial charge on any atom is -0.313 e. The van der Waals surface area contributed by atoms with Crippen molar-refractivity contribution in [2.45, 2.75) is 39.3 Å². The van der Waals surface area contributed by atoms with Crippen LogP contribution in [0, 0.1) is 13.8 Å². The molecule has 5 heteroatoms. The second-order valence-electron chi connectivity index (χ2n) is 7.59. The zero-order valence-electron chi connectivity index (χ0n) is 16.6. The Morgan fingerprint density at radius 1 is 1.18 bits per heavy atom. The van der Waals surface area contributed by atoms with Crippen LogP contribution >= 0.6 is 0 Å². The Kier molecular flexibility index (Phi) is 4.90. The van der Waals surface area contributed by atoms with Crippen molar-refractivity contribution in [1.29, 1.82) is 0 Å². The smallest absolute Gasteiger partial charge is 0.313 e. The molecule has 0 unspecified atom stereocenters. The lowest BCUT2D eigenvalue weighted by Gasteiger charge is -2.30. The number of urea groups is 1. The topological polar surface area (TPSA) is 50.2 Å². The lowest BCUT2D eigenvalue weighted by Crippen LogP contribution is -2.37. The average molecular weight is 374 g/mol. The molecule has 1 aliphatic carbocycles. The highest BCUT2D eigenvalue weighted by Gasteiger charge is 2.31. The molecule has 1 aromatic heterocycles. The maximum atomic E-state index is 13.3. The summed E-state index contributed by atoms with van der Waals surface area (Å²) in [5.74, 6) is 0.711. The van der Waals surface area contributed by atoms with E-state index in [9.17, 15) is 4.79 Å². The number of aromatic nitrogens is 2. The molecule has 144 valence electrons. The molecule has 2 aromatic carbocycles. The standard InChI is InChI=1S/C23H26N4O/c1-16-8-10-18(11-9-16)15-27(21-13-12-19-6-4-5-7-20(19)21)23(28)24-22-14-17(2)25-26(22)3/h4-11,14,21H,12-13,15H2,1-3H3,(H,24,28)/t21-/m1/s1. The molecule has 0 saturated carbocycles. The van der Waals surface area contributed by atoms with Gasteiger partial charge in [0.25, 0.3) is 0 Å². The number of anilines is 1. The Bertz CT molecular complexity index is 990. The van der Waals surface area contributed by atoms with Gasteiger partial charge in [0, 0.05) is 19.7 Å². The number of aryl methyl sites for hydroxylation is 4. The van der Waals surface area contributed by atoms with Gasteiger partial charge < -0.3 is 4.90 Å². The van der Waals surface area contributed by atoms with Crippen LogP contribution in [0.25, 0.3) is 0 Å². The average Bonchev–Trinajstić information content (AvgIpc) is 3.24. The molecule has 0 aliphatic heterocycles. The van der Waals surface area contributed by atoms with Gasteiger partial charge in [-0.25, -0.2) is 4.79 Å². The van der Waals surface area contributed by atoms with E-state index in [0.717, 1.165) is 24.1 Å². The highest BCUT2D eigenvalue weighted by molar-refractivity contribution is 5.89. The molecule has 1 heterocycles. The van der Waals surface area contributed by atoms with Gasteiger partial charge in [-0.3, -0.25) is 10.00 Å². The van der Waals surface area contributed by atoms with Crippen LogP contribution in [-0.2, 0) is 20.0 Å². The van der Waals surface area contributed by atoms with Crippen LogP contribution in [0.1, 0.15) is 40.4 Å². The van der Waals surface area contributed by atoms with E-state index in [1.54, 1.807) is 4.68 Å². The van der Waals surface area contributed by atoms with Gasteiger partial charge in [0.2, 0.25) is 0 Å². The van der Waals surface area contributed by atoms with Gasteiger partial charge in [-0.2, -0.15) is 5.10 Å². The fourth-order valence-corrected chi connectivity index (χ4v) is 3.98. The third-order valence-electron chi connectivity index (χ3n) is 5.45. The summed E-state index contributed by atoms with van der Waals surface area (Å²) in [6.45, 7) is 4.57. The van der Waals surface area contributed by atoms with Crippen molar-refractivity contribution in [2.75, 3.05) is 5.32 Å². The van der Waals surface area contributed by atoms with Crippen LogP contribution < -0.4 is 5.32 Å². The number of fused-ring (bicyclic) bond motifs is 1. The van der Waals surface area contributed by atoms with Gasteiger partial charge in [-0.1, -0.05) is 54.1 Å².